The fourth-order valence-corrected chi connectivity index (χ4v) is 4.31. The van der Waals surface area contributed by atoms with Gasteiger partial charge in [-0.15, -0.1) is 0 Å². The molecule has 1 aliphatic rings. The maximum atomic E-state index is 14.8. The van der Waals surface area contributed by atoms with E-state index in [1.807, 2.05) is 0 Å². The molecule has 14 heteroatoms. The highest BCUT2D eigenvalue weighted by Crippen LogP contribution is 2.38. The van der Waals surface area contributed by atoms with Gasteiger partial charge in [-0.25, -0.2) is 14.2 Å². The zero-order valence-electron chi connectivity index (χ0n) is 19.9. The third-order valence-corrected chi connectivity index (χ3v) is 5.82. The highest BCUT2D eigenvalue weighted by molar-refractivity contribution is 6.01. The molecule has 0 atom stereocenters. The first kappa shape index (κ1) is 26.7. The van der Waals surface area contributed by atoms with E-state index < -0.39 is 75.6 Å². The van der Waals surface area contributed by atoms with Crippen molar-refractivity contribution in [2.75, 3.05) is 13.1 Å². The highest BCUT2D eigenvalue weighted by atomic mass is 19.4. The first-order chi connectivity index (χ1) is 16.9. The summed E-state index contributed by atoms with van der Waals surface area (Å²) in [6.07, 6.45) is -10.4. The molecule has 0 unspecified atom stereocenters. The van der Waals surface area contributed by atoms with Crippen LogP contribution in [0.4, 0.5) is 35.5 Å². The number of carbonyl (C=O) groups excluding carboxylic acids is 1. The SMILES string of the molecule is CC(C)(C)OC(=O)N1CCC(c2cc(=O)c3cc(F)c4c(nc(C(F)(F)F)n4CC(F)(F)F)c3o2)CC1. The quantitative estimate of drug-likeness (QED) is 0.376. The van der Waals surface area contributed by atoms with E-state index in [4.69, 9.17) is 9.15 Å². The minimum Gasteiger partial charge on any atom is -0.458 e. The number of likely N-dealkylation sites (tertiary alicyclic amines) is 1. The molecule has 2 aromatic heterocycles. The van der Waals surface area contributed by atoms with E-state index in [0.29, 0.717) is 18.9 Å². The van der Waals surface area contributed by atoms with Gasteiger partial charge >= 0.3 is 18.4 Å². The number of hydrogen-bond acceptors (Lipinski definition) is 5. The zero-order chi connectivity index (χ0) is 27.5. The molecule has 202 valence electrons. The second kappa shape index (κ2) is 8.91. The fourth-order valence-electron chi connectivity index (χ4n) is 4.31. The summed E-state index contributed by atoms with van der Waals surface area (Å²) in [7, 11) is 0. The van der Waals surface area contributed by atoms with Crippen molar-refractivity contribution in [2.24, 2.45) is 0 Å². The Hall–Kier alpha value is -3.32. The first-order valence-corrected chi connectivity index (χ1v) is 11.2. The topological polar surface area (TPSA) is 77.6 Å². The van der Waals surface area contributed by atoms with Gasteiger partial charge in [-0.1, -0.05) is 0 Å². The lowest BCUT2D eigenvalue weighted by molar-refractivity contribution is -0.160. The van der Waals surface area contributed by atoms with Gasteiger partial charge in [0.1, 0.15) is 34.8 Å². The summed E-state index contributed by atoms with van der Waals surface area (Å²) in [6.45, 7) is 3.46. The molecule has 1 aliphatic heterocycles. The van der Waals surface area contributed by atoms with Gasteiger partial charge in [0.2, 0.25) is 5.82 Å². The number of ether oxygens (including phenoxy) is 1. The Kier molecular flexibility index (Phi) is 6.44. The molecule has 1 amide bonds. The predicted octanol–water partition coefficient (Wildman–Crippen LogP) is 5.98. The Morgan fingerprint density at radius 1 is 1.11 bits per heavy atom. The number of fused-ring (bicyclic) bond motifs is 3. The van der Waals surface area contributed by atoms with E-state index in [2.05, 4.69) is 4.98 Å². The van der Waals surface area contributed by atoms with Crippen molar-refractivity contribution >= 4 is 28.1 Å². The number of halogens is 7. The van der Waals surface area contributed by atoms with Gasteiger partial charge < -0.3 is 18.6 Å². The number of amides is 1. The van der Waals surface area contributed by atoms with Crippen molar-refractivity contribution in [1.29, 1.82) is 0 Å². The molecule has 0 bridgehead atoms. The molecule has 0 spiro atoms. The number of hydrogen-bond donors (Lipinski definition) is 0. The lowest BCUT2D eigenvalue weighted by atomic mass is 9.94. The second-order valence-electron chi connectivity index (χ2n) is 9.82. The molecule has 0 saturated carbocycles. The third kappa shape index (κ3) is 5.52. The summed E-state index contributed by atoms with van der Waals surface area (Å²) in [6, 6.07) is 1.62. The number of alkyl halides is 6. The Balaban J connectivity index is 1.77. The lowest BCUT2D eigenvalue weighted by Gasteiger charge is -2.33. The monoisotopic (exact) mass is 537 g/mol. The average molecular weight is 537 g/mol. The number of benzene rings is 1. The van der Waals surface area contributed by atoms with Crippen LogP contribution in [0.2, 0.25) is 0 Å². The Bertz CT molecular complexity index is 1410. The standard InChI is InChI=1S/C23H22F7N3O4/c1-21(2,3)37-20(35)32-6-4-11(5-7-32)15-9-14(34)12-8-13(24)17-16(18(12)36-15)31-19(23(28,29)30)33(17)10-22(25,26)27/h8-9,11H,4-7,10H2,1-3H3. The van der Waals surface area contributed by atoms with Crippen molar-refractivity contribution < 1.29 is 44.7 Å². The van der Waals surface area contributed by atoms with E-state index >= 15 is 0 Å². The lowest BCUT2D eigenvalue weighted by Crippen LogP contribution is -2.41. The van der Waals surface area contributed by atoms with Crippen molar-refractivity contribution in [3.8, 4) is 0 Å². The fraction of sp³-hybridized carbons (Fsp3) is 0.522. The van der Waals surface area contributed by atoms with E-state index in [0.717, 1.165) is 6.07 Å². The van der Waals surface area contributed by atoms with Crippen LogP contribution >= 0.6 is 0 Å². The van der Waals surface area contributed by atoms with Gasteiger partial charge in [0.05, 0.1) is 5.39 Å². The van der Waals surface area contributed by atoms with Gasteiger partial charge in [-0.05, 0) is 39.7 Å². The van der Waals surface area contributed by atoms with Crippen LogP contribution in [0.1, 0.15) is 51.1 Å². The van der Waals surface area contributed by atoms with Gasteiger partial charge in [0, 0.05) is 25.1 Å². The Labute approximate surface area is 204 Å². The number of imidazole rings is 1. The Morgan fingerprint density at radius 3 is 2.27 bits per heavy atom. The summed E-state index contributed by atoms with van der Waals surface area (Å²) in [5, 5.41) is -0.453. The first-order valence-electron chi connectivity index (χ1n) is 11.2. The number of aromatic nitrogens is 2. The third-order valence-electron chi connectivity index (χ3n) is 5.82. The molecule has 3 heterocycles. The largest absolute Gasteiger partial charge is 0.458 e. The van der Waals surface area contributed by atoms with E-state index in [1.165, 1.54) is 4.90 Å². The van der Waals surface area contributed by atoms with Gasteiger partial charge in [-0.3, -0.25) is 4.79 Å². The molecule has 0 radical (unpaired) electrons. The summed E-state index contributed by atoms with van der Waals surface area (Å²) in [5.41, 5.74) is -3.94. The van der Waals surface area contributed by atoms with Crippen LogP contribution in [0.3, 0.4) is 0 Å². The van der Waals surface area contributed by atoms with E-state index in [-0.39, 0.29) is 23.4 Å². The normalized spacial score (nSPS) is 16.1. The molecule has 37 heavy (non-hydrogen) atoms. The summed E-state index contributed by atoms with van der Waals surface area (Å²) in [4.78, 5) is 29.7. The van der Waals surface area contributed by atoms with Crippen LogP contribution in [0, 0.1) is 5.82 Å². The molecular weight excluding hydrogens is 515 g/mol. The van der Waals surface area contributed by atoms with Gasteiger partial charge in [0.15, 0.2) is 11.0 Å². The minimum absolute atomic E-state index is 0.0492. The van der Waals surface area contributed by atoms with Crippen molar-refractivity contribution in [2.45, 2.75) is 64.0 Å². The van der Waals surface area contributed by atoms with Crippen molar-refractivity contribution in [3.05, 3.63) is 39.8 Å². The number of rotatable bonds is 2. The smallest absolute Gasteiger partial charge is 0.449 e. The second-order valence-corrected chi connectivity index (χ2v) is 9.82. The molecule has 1 saturated heterocycles. The van der Waals surface area contributed by atoms with Crippen molar-refractivity contribution in [1.82, 2.24) is 14.5 Å². The summed E-state index contributed by atoms with van der Waals surface area (Å²) >= 11 is 0. The Morgan fingerprint density at radius 2 is 1.73 bits per heavy atom. The average Bonchev–Trinajstić information content (AvgIpc) is 3.12. The van der Waals surface area contributed by atoms with Crippen molar-refractivity contribution in [3.63, 3.8) is 0 Å². The molecule has 3 aromatic rings. The van der Waals surface area contributed by atoms with Gasteiger partial charge in [0.25, 0.3) is 0 Å². The number of piperidine rings is 1. The van der Waals surface area contributed by atoms with Crippen LogP contribution in [0.25, 0.3) is 22.0 Å². The van der Waals surface area contributed by atoms with Crippen LogP contribution in [-0.4, -0.2) is 45.4 Å². The van der Waals surface area contributed by atoms with Gasteiger partial charge in [-0.2, -0.15) is 26.3 Å². The van der Waals surface area contributed by atoms with Crippen LogP contribution in [0.15, 0.2) is 21.3 Å². The number of carbonyl (C=O) groups is 1. The molecule has 1 aromatic carbocycles. The summed E-state index contributed by atoms with van der Waals surface area (Å²) < 4.78 is 105. The maximum Gasteiger partial charge on any atom is 0.449 e. The highest BCUT2D eigenvalue weighted by Gasteiger charge is 2.42. The number of nitrogens with zero attached hydrogens (tertiary/aromatic N) is 3. The molecule has 7 nitrogen and oxygen atoms in total. The van der Waals surface area contributed by atoms with Crippen LogP contribution in [-0.2, 0) is 17.5 Å². The zero-order valence-corrected chi connectivity index (χ0v) is 19.9. The molecule has 0 aliphatic carbocycles. The molecular formula is C23H22F7N3O4. The molecule has 1 fully saturated rings. The van der Waals surface area contributed by atoms with E-state index in [9.17, 15) is 40.3 Å². The summed E-state index contributed by atoms with van der Waals surface area (Å²) in [5.74, 6) is -3.83. The predicted molar refractivity (Wildman–Crippen MR) is 117 cm³/mol. The van der Waals surface area contributed by atoms with Crippen LogP contribution < -0.4 is 5.43 Å². The maximum absolute atomic E-state index is 14.8. The van der Waals surface area contributed by atoms with E-state index in [1.54, 1.807) is 20.8 Å². The van der Waals surface area contributed by atoms with Crippen LogP contribution in [0.5, 0.6) is 0 Å². The molecule has 4 rings (SSSR count). The minimum atomic E-state index is -5.34. The molecule has 0 N–H and O–H groups in total.